The van der Waals surface area contributed by atoms with Crippen molar-refractivity contribution >= 4 is 11.9 Å². The van der Waals surface area contributed by atoms with E-state index >= 15 is 0 Å². The number of hydrogen-bond acceptors (Lipinski definition) is 4. The molecule has 0 aliphatic carbocycles. The number of rotatable bonds is 9. The average Bonchev–Trinajstić information content (AvgIpc) is 2.59. The molecule has 3 atom stereocenters. The van der Waals surface area contributed by atoms with E-state index in [-0.39, 0.29) is 5.92 Å². The van der Waals surface area contributed by atoms with Crippen LogP contribution in [0.15, 0.2) is 30.3 Å². The molecular weight excluding hydrogens is 310 g/mol. The molecule has 1 aromatic rings. The Morgan fingerprint density at radius 3 is 2.12 bits per heavy atom. The topological polar surface area (TPSA) is 107 Å². The van der Waals surface area contributed by atoms with Crippen LogP contribution in [0.25, 0.3) is 0 Å². The van der Waals surface area contributed by atoms with Crippen LogP contribution in [0.5, 0.6) is 0 Å². The molecule has 24 heavy (non-hydrogen) atoms. The largest absolute Gasteiger partial charge is 0.481 e. The van der Waals surface area contributed by atoms with E-state index in [4.69, 9.17) is 0 Å². The summed E-state index contributed by atoms with van der Waals surface area (Å²) in [5, 5.41) is 30.9. The van der Waals surface area contributed by atoms with Gasteiger partial charge < -0.3 is 20.6 Å². The first-order valence-electron chi connectivity index (χ1n) is 8.11. The second-order valence-electron chi connectivity index (χ2n) is 6.44. The van der Waals surface area contributed by atoms with Gasteiger partial charge in [-0.25, -0.2) is 0 Å². The molecule has 134 valence electrons. The summed E-state index contributed by atoms with van der Waals surface area (Å²) in [4.78, 5) is 24.3. The van der Waals surface area contributed by atoms with Crippen molar-refractivity contribution in [2.75, 3.05) is 13.2 Å². The minimum absolute atomic E-state index is 0.307. The molecule has 1 amide bonds. The van der Waals surface area contributed by atoms with Crippen LogP contribution in [0.4, 0.5) is 0 Å². The average molecular weight is 337 g/mol. The lowest BCUT2D eigenvalue weighted by atomic mass is 9.76. The van der Waals surface area contributed by atoms with Crippen LogP contribution in [0.1, 0.15) is 38.7 Å². The number of aliphatic hydroxyl groups is 2. The van der Waals surface area contributed by atoms with Gasteiger partial charge in [0.1, 0.15) is 0 Å². The molecule has 0 aliphatic rings. The Morgan fingerprint density at radius 1 is 1.17 bits per heavy atom. The molecule has 0 radical (unpaired) electrons. The highest BCUT2D eigenvalue weighted by Crippen LogP contribution is 2.33. The third kappa shape index (κ3) is 4.79. The van der Waals surface area contributed by atoms with Gasteiger partial charge in [0.05, 0.1) is 24.7 Å². The smallest absolute Gasteiger partial charge is 0.307 e. The number of benzene rings is 1. The van der Waals surface area contributed by atoms with Gasteiger partial charge in [-0.15, -0.1) is 0 Å². The SMILES string of the molecule is CCC(c1ccccc1)C(C(=O)O)C(C)C(=O)NC(C)(CO)CO. The second kappa shape index (κ2) is 8.80. The van der Waals surface area contributed by atoms with Crippen LogP contribution >= 0.6 is 0 Å². The number of aliphatic carboxylic acids is 1. The van der Waals surface area contributed by atoms with Crippen molar-refractivity contribution in [1.82, 2.24) is 5.32 Å². The number of carbonyl (C=O) groups excluding carboxylic acids is 1. The number of aliphatic hydroxyl groups excluding tert-OH is 2. The van der Waals surface area contributed by atoms with E-state index in [0.717, 1.165) is 5.56 Å². The number of carboxylic acid groups (broad SMARTS) is 1. The highest BCUT2D eigenvalue weighted by Gasteiger charge is 2.38. The van der Waals surface area contributed by atoms with Crippen LogP contribution in [0, 0.1) is 11.8 Å². The lowest BCUT2D eigenvalue weighted by molar-refractivity contribution is -0.148. The summed E-state index contributed by atoms with van der Waals surface area (Å²) in [6.07, 6.45) is 0.579. The number of carboxylic acids is 1. The van der Waals surface area contributed by atoms with Gasteiger partial charge in [0.2, 0.25) is 5.91 Å². The van der Waals surface area contributed by atoms with Crippen molar-refractivity contribution < 1.29 is 24.9 Å². The molecule has 0 aromatic heterocycles. The van der Waals surface area contributed by atoms with Crippen molar-refractivity contribution in [3.8, 4) is 0 Å². The fourth-order valence-corrected chi connectivity index (χ4v) is 2.84. The van der Waals surface area contributed by atoms with Gasteiger partial charge in [0.25, 0.3) is 0 Å². The Labute approximate surface area is 142 Å². The van der Waals surface area contributed by atoms with Crippen LogP contribution in [0.2, 0.25) is 0 Å². The van der Waals surface area contributed by atoms with E-state index in [1.165, 1.54) is 6.92 Å². The summed E-state index contributed by atoms with van der Waals surface area (Å²) in [6, 6.07) is 9.27. The normalized spacial score (nSPS) is 15.4. The quantitative estimate of drug-likeness (QED) is 0.544. The Balaban J connectivity index is 3.06. The third-order valence-corrected chi connectivity index (χ3v) is 4.46. The maximum Gasteiger partial charge on any atom is 0.307 e. The van der Waals surface area contributed by atoms with E-state index in [0.29, 0.717) is 6.42 Å². The molecule has 0 bridgehead atoms. The predicted octanol–water partition coefficient (Wildman–Crippen LogP) is 1.38. The molecule has 0 fully saturated rings. The lowest BCUT2D eigenvalue weighted by Gasteiger charge is -2.32. The standard InChI is InChI=1S/C18H27NO5/c1-4-14(13-8-6-5-7-9-13)15(17(23)24)12(2)16(22)19-18(3,10-20)11-21/h5-9,12,14-15,20-21H,4,10-11H2,1-3H3,(H,19,22)(H,23,24). The van der Waals surface area contributed by atoms with Gasteiger partial charge in [-0.1, -0.05) is 44.2 Å². The van der Waals surface area contributed by atoms with E-state index < -0.39 is 42.5 Å². The van der Waals surface area contributed by atoms with Crippen LogP contribution in [-0.2, 0) is 9.59 Å². The van der Waals surface area contributed by atoms with Gasteiger partial charge in [-0.05, 0) is 24.8 Å². The summed E-state index contributed by atoms with van der Waals surface area (Å²) >= 11 is 0. The minimum atomic E-state index is -1.18. The van der Waals surface area contributed by atoms with Crippen molar-refractivity contribution in [3.05, 3.63) is 35.9 Å². The first-order chi connectivity index (χ1) is 11.3. The fraction of sp³-hybridized carbons (Fsp3) is 0.556. The Morgan fingerprint density at radius 2 is 1.71 bits per heavy atom. The highest BCUT2D eigenvalue weighted by molar-refractivity contribution is 5.85. The lowest BCUT2D eigenvalue weighted by Crippen LogP contribution is -2.54. The number of carbonyl (C=O) groups is 2. The maximum absolute atomic E-state index is 12.5. The highest BCUT2D eigenvalue weighted by atomic mass is 16.4. The molecule has 3 unspecified atom stereocenters. The molecule has 6 nitrogen and oxygen atoms in total. The minimum Gasteiger partial charge on any atom is -0.481 e. The molecule has 4 N–H and O–H groups in total. The zero-order valence-corrected chi connectivity index (χ0v) is 14.4. The van der Waals surface area contributed by atoms with E-state index in [9.17, 15) is 24.9 Å². The summed E-state index contributed by atoms with van der Waals surface area (Å²) in [5.41, 5.74) is -0.304. The molecule has 1 rings (SSSR count). The maximum atomic E-state index is 12.5. The molecule has 0 saturated carbocycles. The zero-order chi connectivity index (χ0) is 18.3. The fourth-order valence-electron chi connectivity index (χ4n) is 2.84. The molecule has 0 saturated heterocycles. The third-order valence-electron chi connectivity index (χ3n) is 4.46. The van der Waals surface area contributed by atoms with Gasteiger partial charge in [-0.3, -0.25) is 9.59 Å². The summed E-state index contributed by atoms with van der Waals surface area (Å²) in [5.74, 6) is -3.56. The molecule has 0 spiro atoms. The first kappa shape index (κ1) is 20.1. The van der Waals surface area contributed by atoms with Gasteiger partial charge in [-0.2, -0.15) is 0 Å². The molecule has 1 aromatic carbocycles. The van der Waals surface area contributed by atoms with Crippen LogP contribution < -0.4 is 5.32 Å². The van der Waals surface area contributed by atoms with E-state index in [2.05, 4.69) is 5.32 Å². The molecule has 0 aliphatic heterocycles. The van der Waals surface area contributed by atoms with Crippen LogP contribution in [0.3, 0.4) is 0 Å². The summed E-state index contributed by atoms with van der Waals surface area (Å²) in [7, 11) is 0. The Kier molecular flexibility index (Phi) is 7.38. The summed E-state index contributed by atoms with van der Waals surface area (Å²) in [6.45, 7) is 4.09. The Hall–Kier alpha value is -1.92. The zero-order valence-electron chi connectivity index (χ0n) is 14.4. The second-order valence-corrected chi connectivity index (χ2v) is 6.44. The number of hydrogen-bond donors (Lipinski definition) is 4. The monoisotopic (exact) mass is 337 g/mol. The van der Waals surface area contributed by atoms with Crippen molar-refractivity contribution in [2.45, 2.75) is 38.6 Å². The van der Waals surface area contributed by atoms with Gasteiger partial charge in [0.15, 0.2) is 0 Å². The van der Waals surface area contributed by atoms with Crippen LogP contribution in [-0.4, -0.2) is 45.9 Å². The van der Waals surface area contributed by atoms with E-state index in [1.54, 1.807) is 6.92 Å². The molecule has 0 heterocycles. The molecular formula is C18H27NO5. The number of amides is 1. The predicted molar refractivity (Wildman–Crippen MR) is 90.5 cm³/mol. The first-order valence-corrected chi connectivity index (χ1v) is 8.11. The van der Waals surface area contributed by atoms with Crippen molar-refractivity contribution in [2.24, 2.45) is 11.8 Å². The van der Waals surface area contributed by atoms with Crippen molar-refractivity contribution in [1.29, 1.82) is 0 Å². The van der Waals surface area contributed by atoms with E-state index in [1.807, 2.05) is 37.3 Å². The van der Waals surface area contributed by atoms with Gasteiger partial charge in [0, 0.05) is 5.92 Å². The Bertz CT molecular complexity index is 542. The number of nitrogens with one attached hydrogen (secondary N) is 1. The van der Waals surface area contributed by atoms with Crippen molar-refractivity contribution in [3.63, 3.8) is 0 Å². The summed E-state index contributed by atoms with van der Waals surface area (Å²) < 4.78 is 0. The van der Waals surface area contributed by atoms with Gasteiger partial charge >= 0.3 is 5.97 Å². The molecule has 6 heteroatoms.